The molecule has 120 valence electrons. The second-order valence-corrected chi connectivity index (χ2v) is 5.82. The van der Waals surface area contributed by atoms with E-state index in [2.05, 4.69) is 4.98 Å². The normalized spacial score (nSPS) is 16.7. The summed E-state index contributed by atoms with van der Waals surface area (Å²) in [5.74, 6) is 0.173. The molecule has 0 bridgehead atoms. The van der Waals surface area contributed by atoms with Crippen molar-refractivity contribution in [3.05, 3.63) is 23.9 Å². The van der Waals surface area contributed by atoms with Crippen LogP contribution >= 0.6 is 0 Å². The van der Waals surface area contributed by atoms with Crippen LogP contribution in [0.25, 0.3) is 0 Å². The molecule has 0 radical (unpaired) electrons. The maximum atomic E-state index is 12.3. The van der Waals surface area contributed by atoms with E-state index in [9.17, 15) is 9.59 Å². The van der Waals surface area contributed by atoms with Crippen LogP contribution in [-0.2, 0) is 4.79 Å². The van der Waals surface area contributed by atoms with Crippen LogP contribution in [0.15, 0.2) is 18.3 Å². The molecule has 4 N–H and O–H groups in total. The van der Waals surface area contributed by atoms with Gasteiger partial charge in [0.05, 0.1) is 11.6 Å². The predicted molar refractivity (Wildman–Crippen MR) is 84.4 cm³/mol. The van der Waals surface area contributed by atoms with E-state index in [1.807, 2.05) is 18.7 Å². The molecule has 7 nitrogen and oxygen atoms in total. The fourth-order valence-electron chi connectivity index (χ4n) is 2.48. The van der Waals surface area contributed by atoms with Crippen molar-refractivity contribution in [2.45, 2.75) is 19.9 Å². The number of nitrogens with zero attached hydrogens (tertiary/aromatic N) is 3. The van der Waals surface area contributed by atoms with Gasteiger partial charge in [-0.3, -0.25) is 9.59 Å². The van der Waals surface area contributed by atoms with Crippen molar-refractivity contribution >= 4 is 17.6 Å². The summed E-state index contributed by atoms with van der Waals surface area (Å²) in [6.07, 6.45) is 1.63. The quantitative estimate of drug-likeness (QED) is 0.802. The van der Waals surface area contributed by atoms with Gasteiger partial charge in [-0.2, -0.15) is 0 Å². The van der Waals surface area contributed by atoms with Crippen molar-refractivity contribution in [1.82, 2.24) is 9.88 Å². The third-order valence-electron chi connectivity index (χ3n) is 3.95. The standard InChI is InChI=1S/C15H23N5O2/c1-10(2)12(16)15(22)20-8-6-19(7-9-20)14-11(13(17)21)4-3-5-18-14/h3-5,10,12H,6-9,16H2,1-2H3,(H2,17,21)/t12-/m0/s1. The SMILES string of the molecule is CC(C)[C@H](N)C(=O)N1CCN(c2ncccc2C(N)=O)CC1. The Kier molecular flexibility index (Phi) is 4.97. The third kappa shape index (κ3) is 3.36. The Morgan fingerprint density at radius 3 is 2.41 bits per heavy atom. The van der Waals surface area contributed by atoms with E-state index in [-0.39, 0.29) is 11.8 Å². The van der Waals surface area contributed by atoms with Crippen molar-refractivity contribution in [1.29, 1.82) is 0 Å². The molecule has 1 saturated heterocycles. The molecular formula is C15H23N5O2. The Labute approximate surface area is 130 Å². The molecule has 1 aromatic heterocycles. The summed E-state index contributed by atoms with van der Waals surface area (Å²) in [5, 5.41) is 0. The Balaban J connectivity index is 2.04. The highest BCUT2D eigenvalue weighted by Crippen LogP contribution is 2.19. The fraction of sp³-hybridized carbons (Fsp3) is 0.533. The summed E-state index contributed by atoms with van der Waals surface area (Å²) in [6.45, 7) is 6.21. The second kappa shape index (κ2) is 6.74. The van der Waals surface area contributed by atoms with Gasteiger partial charge in [-0.25, -0.2) is 4.98 Å². The smallest absolute Gasteiger partial charge is 0.252 e. The van der Waals surface area contributed by atoms with Crippen LogP contribution in [0, 0.1) is 5.92 Å². The maximum absolute atomic E-state index is 12.3. The number of aromatic nitrogens is 1. The maximum Gasteiger partial charge on any atom is 0.252 e. The molecule has 0 saturated carbocycles. The van der Waals surface area contributed by atoms with Gasteiger partial charge in [0.1, 0.15) is 5.82 Å². The van der Waals surface area contributed by atoms with Crippen LogP contribution in [0.5, 0.6) is 0 Å². The fourth-order valence-corrected chi connectivity index (χ4v) is 2.48. The number of hydrogen-bond donors (Lipinski definition) is 2. The molecule has 0 aromatic carbocycles. The predicted octanol–water partition coefficient (Wildman–Crippen LogP) is -0.188. The van der Waals surface area contributed by atoms with Gasteiger partial charge >= 0.3 is 0 Å². The molecule has 2 amide bonds. The van der Waals surface area contributed by atoms with Crippen molar-refractivity contribution < 1.29 is 9.59 Å². The minimum atomic E-state index is -0.497. The number of carbonyl (C=O) groups is 2. The summed E-state index contributed by atoms with van der Waals surface area (Å²) in [7, 11) is 0. The zero-order valence-corrected chi connectivity index (χ0v) is 13.0. The summed E-state index contributed by atoms with van der Waals surface area (Å²) in [4.78, 5) is 31.7. The highest BCUT2D eigenvalue weighted by molar-refractivity contribution is 5.97. The number of anilines is 1. The molecular weight excluding hydrogens is 282 g/mol. The minimum Gasteiger partial charge on any atom is -0.365 e. The van der Waals surface area contributed by atoms with Gasteiger partial charge in [-0.15, -0.1) is 0 Å². The van der Waals surface area contributed by atoms with Crippen LogP contribution in [0.1, 0.15) is 24.2 Å². The first-order valence-electron chi connectivity index (χ1n) is 7.46. The summed E-state index contributed by atoms with van der Waals surface area (Å²) in [6, 6.07) is 2.88. The molecule has 2 rings (SSSR count). The number of nitrogens with two attached hydrogens (primary N) is 2. The second-order valence-electron chi connectivity index (χ2n) is 5.82. The molecule has 1 aliphatic rings. The summed E-state index contributed by atoms with van der Waals surface area (Å²) >= 11 is 0. The van der Waals surface area contributed by atoms with Gasteiger partial charge in [-0.05, 0) is 18.1 Å². The lowest BCUT2D eigenvalue weighted by atomic mass is 10.0. The van der Waals surface area contributed by atoms with E-state index in [0.29, 0.717) is 37.6 Å². The number of piperazine rings is 1. The van der Waals surface area contributed by atoms with E-state index >= 15 is 0 Å². The first-order chi connectivity index (χ1) is 10.4. The first-order valence-corrected chi connectivity index (χ1v) is 7.46. The van der Waals surface area contributed by atoms with Gasteiger partial charge in [0.15, 0.2) is 0 Å². The van der Waals surface area contributed by atoms with Gasteiger partial charge < -0.3 is 21.3 Å². The van der Waals surface area contributed by atoms with Crippen molar-refractivity contribution in [3.8, 4) is 0 Å². The molecule has 22 heavy (non-hydrogen) atoms. The molecule has 7 heteroatoms. The number of rotatable bonds is 4. The topological polar surface area (TPSA) is 106 Å². The molecule has 2 heterocycles. The average molecular weight is 305 g/mol. The van der Waals surface area contributed by atoms with Gasteiger partial charge in [0.2, 0.25) is 5.91 Å². The average Bonchev–Trinajstić information content (AvgIpc) is 2.53. The van der Waals surface area contributed by atoms with Crippen LogP contribution in [0.3, 0.4) is 0 Å². The minimum absolute atomic E-state index is 0.0224. The van der Waals surface area contributed by atoms with E-state index < -0.39 is 11.9 Å². The van der Waals surface area contributed by atoms with E-state index in [4.69, 9.17) is 11.5 Å². The molecule has 0 aliphatic carbocycles. The number of amides is 2. The largest absolute Gasteiger partial charge is 0.365 e. The monoisotopic (exact) mass is 305 g/mol. The molecule has 1 aromatic rings. The number of carbonyl (C=O) groups excluding carboxylic acids is 2. The lowest BCUT2D eigenvalue weighted by Crippen LogP contribution is -2.54. The lowest BCUT2D eigenvalue weighted by Gasteiger charge is -2.37. The Morgan fingerprint density at radius 1 is 1.23 bits per heavy atom. The van der Waals surface area contributed by atoms with Crippen LogP contribution in [0.4, 0.5) is 5.82 Å². The van der Waals surface area contributed by atoms with Gasteiger partial charge in [0.25, 0.3) is 5.91 Å². The third-order valence-corrected chi connectivity index (χ3v) is 3.95. The molecule has 0 unspecified atom stereocenters. The molecule has 1 aliphatic heterocycles. The lowest BCUT2D eigenvalue weighted by molar-refractivity contribution is -0.133. The Hall–Kier alpha value is -2.15. The van der Waals surface area contributed by atoms with Crippen LogP contribution in [-0.4, -0.2) is 53.9 Å². The molecule has 0 spiro atoms. The van der Waals surface area contributed by atoms with Gasteiger partial charge in [0, 0.05) is 32.4 Å². The molecule has 1 atom stereocenters. The van der Waals surface area contributed by atoms with Gasteiger partial charge in [-0.1, -0.05) is 13.8 Å². The van der Waals surface area contributed by atoms with Crippen molar-refractivity contribution in [2.75, 3.05) is 31.1 Å². The molecule has 1 fully saturated rings. The zero-order chi connectivity index (χ0) is 16.3. The Bertz CT molecular complexity index is 553. The van der Waals surface area contributed by atoms with Crippen molar-refractivity contribution in [2.24, 2.45) is 17.4 Å². The van der Waals surface area contributed by atoms with E-state index in [1.165, 1.54) is 0 Å². The number of hydrogen-bond acceptors (Lipinski definition) is 5. The van der Waals surface area contributed by atoms with Crippen molar-refractivity contribution in [3.63, 3.8) is 0 Å². The summed E-state index contributed by atoms with van der Waals surface area (Å²) in [5.41, 5.74) is 11.7. The summed E-state index contributed by atoms with van der Waals surface area (Å²) < 4.78 is 0. The Morgan fingerprint density at radius 2 is 1.86 bits per heavy atom. The zero-order valence-electron chi connectivity index (χ0n) is 13.0. The van der Waals surface area contributed by atoms with E-state index in [0.717, 1.165) is 0 Å². The van der Waals surface area contributed by atoms with E-state index in [1.54, 1.807) is 23.2 Å². The highest BCUT2D eigenvalue weighted by atomic mass is 16.2. The van der Waals surface area contributed by atoms with Crippen LogP contribution < -0.4 is 16.4 Å². The highest BCUT2D eigenvalue weighted by Gasteiger charge is 2.28. The first kappa shape index (κ1) is 16.2. The van der Waals surface area contributed by atoms with Crippen LogP contribution in [0.2, 0.25) is 0 Å². The number of pyridine rings is 1. The number of primary amides is 1.